The van der Waals surface area contributed by atoms with Gasteiger partial charge < -0.3 is 4.90 Å². The summed E-state index contributed by atoms with van der Waals surface area (Å²) in [6, 6.07) is 21.5. The van der Waals surface area contributed by atoms with Gasteiger partial charge in [0.25, 0.3) is 5.91 Å². The van der Waals surface area contributed by atoms with Gasteiger partial charge in [0.2, 0.25) is 5.91 Å². The fraction of sp³-hybridized carbons (Fsp3) is 0.250. The molecule has 3 aromatic rings. The van der Waals surface area contributed by atoms with E-state index in [2.05, 4.69) is 0 Å². The summed E-state index contributed by atoms with van der Waals surface area (Å²) in [5.41, 5.74) is 2.21. The first-order valence-electron chi connectivity index (χ1n) is 9.54. The SMILES string of the molecule is CC(C)(C)N(Cc1ccccc1)C(=O)CN1C(=O)c2cccc3cccc1c23. The van der Waals surface area contributed by atoms with Crippen molar-refractivity contribution >= 4 is 28.3 Å². The van der Waals surface area contributed by atoms with Gasteiger partial charge in [-0.3, -0.25) is 14.5 Å². The molecule has 142 valence electrons. The minimum absolute atomic E-state index is 0.0384. The van der Waals surface area contributed by atoms with Crippen LogP contribution in [-0.2, 0) is 11.3 Å². The molecule has 0 bridgehead atoms. The van der Waals surface area contributed by atoms with Gasteiger partial charge in [-0.2, -0.15) is 0 Å². The lowest BCUT2D eigenvalue weighted by molar-refractivity contribution is -0.135. The Kier molecular flexibility index (Phi) is 4.42. The van der Waals surface area contributed by atoms with Crippen LogP contribution in [0.15, 0.2) is 66.7 Å². The van der Waals surface area contributed by atoms with Gasteiger partial charge in [-0.05, 0) is 43.9 Å². The summed E-state index contributed by atoms with van der Waals surface area (Å²) in [6.45, 7) is 6.62. The fourth-order valence-corrected chi connectivity index (χ4v) is 3.82. The summed E-state index contributed by atoms with van der Waals surface area (Å²) >= 11 is 0. The van der Waals surface area contributed by atoms with Crippen LogP contribution in [0.2, 0.25) is 0 Å². The van der Waals surface area contributed by atoms with E-state index in [1.165, 1.54) is 0 Å². The molecule has 0 aromatic heterocycles. The van der Waals surface area contributed by atoms with E-state index in [0.717, 1.165) is 22.0 Å². The molecule has 28 heavy (non-hydrogen) atoms. The van der Waals surface area contributed by atoms with E-state index in [1.807, 2.05) is 92.4 Å². The molecule has 4 heteroatoms. The first-order chi connectivity index (χ1) is 13.4. The first-order valence-corrected chi connectivity index (χ1v) is 9.54. The summed E-state index contributed by atoms with van der Waals surface area (Å²) < 4.78 is 0. The lowest BCUT2D eigenvalue weighted by Gasteiger charge is -2.37. The number of carbonyl (C=O) groups is 2. The van der Waals surface area contributed by atoms with Crippen molar-refractivity contribution in [1.29, 1.82) is 0 Å². The van der Waals surface area contributed by atoms with E-state index in [-0.39, 0.29) is 23.9 Å². The zero-order chi connectivity index (χ0) is 19.9. The number of hydrogen-bond acceptors (Lipinski definition) is 2. The highest BCUT2D eigenvalue weighted by atomic mass is 16.2. The normalized spacial score (nSPS) is 13.2. The molecule has 0 unspecified atom stereocenters. The van der Waals surface area contributed by atoms with E-state index >= 15 is 0 Å². The van der Waals surface area contributed by atoms with Gasteiger partial charge in [0.05, 0.1) is 5.69 Å². The Balaban J connectivity index is 1.64. The first kappa shape index (κ1) is 18.2. The van der Waals surface area contributed by atoms with Crippen LogP contribution in [0.5, 0.6) is 0 Å². The molecule has 0 atom stereocenters. The number of benzene rings is 3. The van der Waals surface area contributed by atoms with Crippen molar-refractivity contribution in [2.75, 3.05) is 11.4 Å². The summed E-state index contributed by atoms with van der Waals surface area (Å²) in [7, 11) is 0. The number of nitrogens with zero attached hydrogens (tertiary/aromatic N) is 2. The maximum atomic E-state index is 13.3. The summed E-state index contributed by atoms with van der Waals surface area (Å²) in [5.74, 6) is -0.164. The van der Waals surface area contributed by atoms with Crippen molar-refractivity contribution in [3.63, 3.8) is 0 Å². The molecule has 0 fully saturated rings. The maximum Gasteiger partial charge on any atom is 0.259 e. The zero-order valence-electron chi connectivity index (χ0n) is 16.5. The van der Waals surface area contributed by atoms with Crippen LogP contribution >= 0.6 is 0 Å². The minimum Gasteiger partial charge on any atom is -0.332 e. The Morgan fingerprint density at radius 1 is 0.929 bits per heavy atom. The quantitative estimate of drug-likeness (QED) is 0.670. The predicted octanol–water partition coefficient (Wildman–Crippen LogP) is 4.63. The van der Waals surface area contributed by atoms with Crippen molar-refractivity contribution < 1.29 is 9.59 Å². The molecule has 4 rings (SSSR count). The number of amides is 2. The van der Waals surface area contributed by atoms with Gasteiger partial charge in [-0.15, -0.1) is 0 Å². The second-order valence-electron chi connectivity index (χ2n) is 8.21. The molecule has 1 aliphatic rings. The summed E-state index contributed by atoms with van der Waals surface area (Å²) in [4.78, 5) is 29.8. The smallest absolute Gasteiger partial charge is 0.259 e. The molecule has 2 amide bonds. The molecule has 1 heterocycles. The van der Waals surface area contributed by atoms with Crippen molar-refractivity contribution in [3.05, 3.63) is 77.9 Å². The van der Waals surface area contributed by atoms with Gasteiger partial charge >= 0.3 is 0 Å². The molecule has 1 aliphatic heterocycles. The van der Waals surface area contributed by atoms with E-state index < -0.39 is 0 Å². The second-order valence-corrected chi connectivity index (χ2v) is 8.21. The van der Waals surface area contributed by atoms with Gasteiger partial charge in [-0.1, -0.05) is 54.6 Å². The Labute approximate surface area is 165 Å². The average molecular weight is 372 g/mol. The van der Waals surface area contributed by atoms with E-state index in [9.17, 15) is 9.59 Å². The van der Waals surface area contributed by atoms with Crippen LogP contribution in [0.3, 0.4) is 0 Å². The molecule has 0 aliphatic carbocycles. The summed E-state index contributed by atoms with van der Waals surface area (Å²) in [6.07, 6.45) is 0. The third-order valence-electron chi connectivity index (χ3n) is 5.24. The Morgan fingerprint density at radius 3 is 2.29 bits per heavy atom. The molecular formula is C24H24N2O2. The van der Waals surface area contributed by atoms with Gasteiger partial charge in [0.15, 0.2) is 0 Å². The van der Waals surface area contributed by atoms with Crippen molar-refractivity contribution in [2.45, 2.75) is 32.9 Å². The fourth-order valence-electron chi connectivity index (χ4n) is 3.82. The standard InChI is InChI=1S/C24H24N2O2/c1-24(2,3)26(15-17-9-5-4-6-10-17)21(27)16-25-20-14-8-12-18-11-7-13-19(22(18)20)23(25)28/h4-14H,15-16H2,1-3H3. The van der Waals surface area contributed by atoms with Crippen LogP contribution in [0, 0.1) is 0 Å². The number of carbonyl (C=O) groups excluding carboxylic acids is 2. The third kappa shape index (κ3) is 3.15. The molecule has 0 radical (unpaired) electrons. The average Bonchev–Trinajstić information content (AvgIpc) is 2.94. The Bertz CT molecular complexity index is 1050. The highest BCUT2D eigenvalue weighted by Crippen LogP contribution is 2.37. The van der Waals surface area contributed by atoms with E-state index in [1.54, 1.807) is 4.90 Å². The maximum absolute atomic E-state index is 13.3. The van der Waals surface area contributed by atoms with Crippen molar-refractivity contribution in [2.24, 2.45) is 0 Å². The number of hydrogen-bond donors (Lipinski definition) is 0. The van der Waals surface area contributed by atoms with Crippen molar-refractivity contribution in [3.8, 4) is 0 Å². The predicted molar refractivity (Wildman–Crippen MR) is 112 cm³/mol. The molecule has 0 N–H and O–H groups in total. The number of anilines is 1. The topological polar surface area (TPSA) is 40.6 Å². The van der Waals surface area contributed by atoms with Gasteiger partial charge in [0, 0.05) is 23.0 Å². The second kappa shape index (κ2) is 6.79. The van der Waals surface area contributed by atoms with Crippen LogP contribution in [0.1, 0.15) is 36.7 Å². The highest BCUT2D eigenvalue weighted by molar-refractivity contribution is 6.26. The molecule has 0 spiro atoms. The van der Waals surface area contributed by atoms with E-state index in [4.69, 9.17) is 0 Å². The van der Waals surface area contributed by atoms with Gasteiger partial charge in [0.1, 0.15) is 6.54 Å². The monoisotopic (exact) mass is 372 g/mol. The van der Waals surface area contributed by atoms with Crippen LogP contribution < -0.4 is 4.90 Å². The zero-order valence-corrected chi connectivity index (χ0v) is 16.5. The number of rotatable bonds is 4. The molecule has 0 saturated heterocycles. The highest BCUT2D eigenvalue weighted by Gasteiger charge is 2.34. The minimum atomic E-state index is -0.353. The molecule has 3 aromatic carbocycles. The largest absolute Gasteiger partial charge is 0.332 e. The lowest BCUT2D eigenvalue weighted by Crippen LogP contribution is -2.49. The van der Waals surface area contributed by atoms with Gasteiger partial charge in [-0.25, -0.2) is 0 Å². The Hall–Kier alpha value is -3.14. The Morgan fingerprint density at radius 2 is 1.61 bits per heavy atom. The van der Waals surface area contributed by atoms with E-state index in [0.29, 0.717) is 12.1 Å². The van der Waals surface area contributed by atoms with Crippen molar-refractivity contribution in [1.82, 2.24) is 4.90 Å². The van der Waals surface area contributed by atoms with Crippen LogP contribution in [0.4, 0.5) is 5.69 Å². The molecular weight excluding hydrogens is 348 g/mol. The summed E-state index contributed by atoms with van der Waals surface area (Å²) in [5, 5.41) is 1.96. The molecule has 4 nitrogen and oxygen atoms in total. The van der Waals surface area contributed by atoms with Crippen LogP contribution in [0.25, 0.3) is 10.8 Å². The van der Waals surface area contributed by atoms with Crippen LogP contribution in [-0.4, -0.2) is 28.8 Å². The third-order valence-corrected chi connectivity index (χ3v) is 5.24. The molecule has 0 saturated carbocycles. The lowest BCUT2D eigenvalue weighted by atomic mass is 10.0.